The first-order chi connectivity index (χ1) is 15.6. The predicted octanol–water partition coefficient (Wildman–Crippen LogP) is 7.78. The highest BCUT2D eigenvalue weighted by atomic mass is 31.2. The van der Waals surface area contributed by atoms with E-state index in [-0.39, 0.29) is 18.6 Å². The second-order valence-corrected chi connectivity index (χ2v) is 11.4. The Bertz CT molecular complexity index is 617. The number of carbonyl (C=O) groups is 1. The molecule has 4 nitrogen and oxygen atoms in total. The molecule has 0 heterocycles. The van der Waals surface area contributed by atoms with Gasteiger partial charge in [-0.15, -0.1) is 0 Å². The zero-order valence-corrected chi connectivity index (χ0v) is 21.3. The van der Waals surface area contributed by atoms with Crippen molar-refractivity contribution in [2.75, 3.05) is 12.8 Å². The van der Waals surface area contributed by atoms with Gasteiger partial charge in [0.2, 0.25) is 7.37 Å². The monoisotopic (exact) mass is 466 g/mol. The fourth-order valence-corrected chi connectivity index (χ4v) is 5.32. The van der Waals surface area contributed by atoms with Crippen LogP contribution in [0.2, 0.25) is 0 Å². The number of carbonyl (C=O) groups excluding carboxylic acids is 1. The second kappa shape index (κ2) is 19.4. The molecule has 0 fully saturated rings. The van der Waals surface area contributed by atoms with Crippen LogP contribution in [-0.2, 0) is 14.1 Å². The van der Waals surface area contributed by atoms with Crippen LogP contribution in [0.15, 0.2) is 30.3 Å². The van der Waals surface area contributed by atoms with Gasteiger partial charge in [-0.25, -0.2) is 0 Å². The lowest BCUT2D eigenvalue weighted by Crippen LogP contribution is -2.12. The Balaban J connectivity index is 1.85. The quantitative estimate of drug-likeness (QED) is 0.114. The molecular weight excluding hydrogens is 419 g/mol. The molecule has 0 saturated carbocycles. The molecule has 0 aromatic heterocycles. The van der Waals surface area contributed by atoms with Gasteiger partial charge in [0.25, 0.3) is 0 Å². The van der Waals surface area contributed by atoms with E-state index in [0.717, 1.165) is 12.8 Å². The summed E-state index contributed by atoms with van der Waals surface area (Å²) in [5, 5.41) is 0.394. The van der Waals surface area contributed by atoms with Crippen molar-refractivity contribution in [3.8, 4) is 0 Å². The standard InChI is InChI=1S/C27H47O4P/c1-2-3-4-5-6-7-8-9-10-11-12-13-14-15-16-20-24-31-27(28)23-25-32(29,30)26-21-18-17-19-22-26/h17-19,21-22H,2-16,20,23-25H2,1H3,(H,29,30). The summed E-state index contributed by atoms with van der Waals surface area (Å²) in [6.07, 6.45) is 20.9. The lowest BCUT2D eigenvalue weighted by Gasteiger charge is -2.11. The summed E-state index contributed by atoms with van der Waals surface area (Å²) in [4.78, 5) is 21.9. The Kier molecular flexibility index (Phi) is 17.5. The SMILES string of the molecule is CCCCCCCCCCCCCCCCCCOC(=O)CCP(=O)(O)c1ccccc1. The first-order valence-corrected chi connectivity index (χ1v) is 14.9. The fourth-order valence-electron chi connectivity index (χ4n) is 3.94. The molecule has 0 bridgehead atoms. The molecule has 0 saturated heterocycles. The van der Waals surface area contributed by atoms with Gasteiger partial charge in [-0.05, 0) is 18.6 Å². The Morgan fingerprint density at radius 3 is 1.66 bits per heavy atom. The molecule has 1 unspecified atom stereocenters. The molecule has 0 aliphatic carbocycles. The number of hydrogen-bond acceptors (Lipinski definition) is 3. The molecule has 0 aliphatic rings. The van der Waals surface area contributed by atoms with Crippen LogP contribution in [0, 0.1) is 0 Å². The van der Waals surface area contributed by atoms with Crippen molar-refractivity contribution in [3.05, 3.63) is 30.3 Å². The third kappa shape index (κ3) is 15.6. The van der Waals surface area contributed by atoms with Crippen LogP contribution < -0.4 is 5.30 Å². The first kappa shape index (κ1) is 28.9. The Morgan fingerprint density at radius 1 is 0.750 bits per heavy atom. The highest BCUT2D eigenvalue weighted by Gasteiger charge is 2.22. The van der Waals surface area contributed by atoms with Crippen molar-refractivity contribution in [1.82, 2.24) is 0 Å². The van der Waals surface area contributed by atoms with Crippen LogP contribution in [0.25, 0.3) is 0 Å². The molecule has 1 atom stereocenters. The molecule has 5 heteroatoms. The van der Waals surface area contributed by atoms with Crippen LogP contribution >= 0.6 is 7.37 Å². The summed E-state index contributed by atoms with van der Waals surface area (Å²) in [6.45, 7) is 2.69. The van der Waals surface area contributed by atoms with Crippen LogP contribution in [0.3, 0.4) is 0 Å². The van der Waals surface area contributed by atoms with Crippen molar-refractivity contribution in [2.45, 2.75) is 116 Å². The van der Waals surface area contributed by atoms with E-state index in [1.807, 2.05) is 0 Å². The third-order valence-electron chi connectivity index (χ3n) is 6.04. The van der Waals surface area contributed by atoms with E-state index in [4.69, 9.17) is 4.74 Å². The summed E-state index contributed by atoms with van der Waals surface area (Å²) in [6, 6.07) is 8.52. The highest BCUT2D eigenvalue weighted by molar-refractivity contribution is 7.66. The van der Waals surface area contributed by atoms with E-state index in [1.54, 1.807) is 30.3 Å². The van der Waals surface area contributed by atoms with Crippen LogP contribution in [0.1, 0.15) is 116 Å². The normalized spacial score (nSPS) is 13.1. The molecule has 1 N–H and O–H groups in total. The van der Waals surface area contributed by atoms with Crippen LogP contribution in [0.5, 0.6) is 0 Å². The molecule has 1 aromatic carbocycles. The van der Waals surface area contributed by atoms with Gasteiger partial charge in [-0.3, -0.25) is 9.36 Å². The van der Waals surface area contributed by atoms with Gasteiger partial charge in [0.05, 0.1) is 13.0 Å². The maximum atomic E-state index is 12.3. The summed E-state index contributed by atoms with van der Waals surface area (Å²) < 4.78 is 17.5. The van der Waals surface area contributed by atoms with E-state index in [9.17, 15) is 14.3 Å². The molecule has 1 aromatic rings. The lowest BCUT2D eigenvalue weighted by atomic mass is 10.0. The van der Waals surface area contributed by atoms with Crippen molar-refractivity contribution >= 4 is 18.6 Å². The maximum Gasteiger partial charge on any atom is 0.306 e. The predicted molar refractivity (Wildman–Crippen MR) is 136 cm³/mol. The van der Waals surface area contributed by atoms with E-state index in [1.165, 1.54) is 89.9 Å². The second-order valence-electron chi connectivity index (χ2n) is 9.03. The number of benzene rings is 1. The summed E-state index contributed by atoms with van der Waals surface area (Å²) in [5.41, 5.74) is 0. The van der Waals surface area contributed by atoms with Crippen molar-refractivity contribution in [2.24, 2.45) is 0 Å². The van der Waals surface area contributed by atoms with E-state index in [2.05, 4.69) is 6.92 Å². The van der Waals surface area contributed by atoms with E-state index < -0.39 is 7.37 Å². The zero-order valence-electron chi connectivity index (χ0n) is 20.4. The van der Waals surface area contributed by atoms with Gasteiger partial charge >= 0.3 is 5.97 Å². The largest absolute Gasteiger partial charge is 0.466 e. The average Bonchev–Trinajstić information content (AvgIpc) is 2.80. The third-order valence-corrected chi connectivity index (χ3v) is 7.97. The Labute approximate surface area is 197 Å². The maximum absolute atomic E-state index is 12.3. The minimum atomic E-state index is -3.48. The molecule has 32 heavy (non-hydrogen) atoms. The van der Waals surface area contributed by atoms with Crippen LogP contribution in [0.4, 0.5) is 0 Å². The minimum Gasteiger partial charge on any atom is -0.466 e. The van der Waals surface area contributed by atoms with Crippen molar-refractivity contribution in [3.63, 3.8) is 0 Å². The number of ether oxygens (including phenoxy) is 1. The molecule has 0 radical (unpaired) electrons. The van der Waals surface area contributed by atoms with E-state index in [0.29, 0.717) is 11.9 Å². The highest BCUT2D eigenvalue weighted by Crippen LogP contribution is 2.39. The Hall–Kier alpha value is -1.12. The zero-order chi connectivity index (χ0) is 23.3. The summed E-state index contributed by atoms with van der Waals surface area (Å²) in [7, 11) is -3.48. The molecule has 0 amide bonds. The molecular formula is C27H47O4P. The number of esters is 1. The van der Waals surface area contributed by atoms with Gasteiger partial charge in [-0.2, -0.15) is 0 Å². The molecule has 1 rings (SSSR count). The molecule has 0 spiro atoms. The minimum absolute atomic E-state index is 0.0124. The molecule has 0 aliphatic heterocycles. The lowest BCUT2D eigenvalue weighted by molar-refractivity contribution is -0.143. The van der Waals surface area contributed by atoms with E-state index >= 15 is 0 Å². The topological polar surface area (TPSA) is 63.6 Å². The van der Waals surface area contributed by atoms with Crippen molar-refractivity contribution < 1.29 is 19.0 Å². The average molecular weight is 467 g/mol. The van der Waals surface area contributed by atoms with Gasteiger partial charge in [0.1, 0.15) is 0 Å². The number of rotatable bonds is 21. The summed E-state index contributed by atoms with van der Waals surface area (Å²) >= 11 is 0. The number of unbranched alkanes of at least 4 members (excludes halogenated alkanes) is 15. The summed E-state index contributed by atoms with van der Waals surface area (Å²) in [5.74, 6) is -0.379. The van der Waals surface area contributed by atoms with Crippen LogP contribution in [-0.4, -0.2) is 23.6 Å². The van der Waals surface area contributed by atoms with Gasteiger partial charge in [0.15, 0.2) is 0 Å². The van der Waals surface area contributed by atoms with Gasteiger partial charge in [-0.1, -0.05) is 121 Å². The Morgan fingerprint density at radius 2 is 1.19 bits per heavy atom. The smallest absolute Gasteiger partial charge is 0.306 e. The fraction of sp³-hybridized carbons (Fsp3) is 0.741. The van der Waals surface area contributed by atoms with Gasteiger partial charge < -0.3 is 9.63 Å². The van der Waals surface area contributed by atoms with Gasteiger partial charge in [0, 0.05) is 11.5 Å². The number of hydrogen-bond donors (Lipinski definition) is 1. The molecule has 184 valence electrons. The first-order valence-electron chi connectivity index (χ1n) is 13.1. The van der Waals surface area contributed by atoms with Crippen molar-refractivity contribution in [1.29, 1.82) is 0 Å².